The van der Waals surface area contributed by atoms with E-state index in [1.54, 1.807) is 13.2 Å². The van der Waals surface area contributed by atoms with E-state index in [0.717, 1.165) is 30.8 Å². The lowest BCUT2D eigenvalue weighted by atomic mass is 10.0. The number of amides is 1. The van der Waals surface area contributed by atoms with Gasteiger partial charge in [-0.3, -0.25) is 4.79 Å². The van der Waals surface area contributed by atoms with E-state index < -0.39 is 0 Å². The molecule has 2 heterocycles. The number of anilines is 2. The second-order valence-corrected chi connectivity index (χ2v) is 4.97. The summed E-state index contributed by atoms with van der Waals surface area (Å²) in [6.07, 6.45) is 2.13. The lowest BCUT2D eigenvalue weighted by Gasteiger charge is -2.18. The predicted molar refractivity (Wildman–Crippen MR) is 85.7 cm³/mol. The van der Waals surface area contributed by atoms with Gasteiger partial charge in [0.1, 0.15) is 6.61 Å². The molecule has 0 unspecified atom stereocenters. The standard InChI is InChI=1S/C15H17N3O3.ClH/c1-20-9-12-8-14(18-21-12)15(19)17-11-4-5-13-10(7-11)3-2-6-16-13;/h4-5,7-8,16H,2-3,6,9H2,1H3,(H,17,19);1H. The number of hydrogen-bond donors (Lipinski definition) is 2. The lowest BCUT2D eigenvalue weighted by molar-refractivity contribution is 0.101. The number of hydrogen-bond acceptors (Lipinski definition) is 5. The first kappa shape index (κ1) is 16.3. The summed E-state index contributed by atoms with van der Waals surface area (Å²) in [5.41, 5.74) is 3.37. The van der Waals surface area contributed by atoms with Crippen LogP contribution in [-0.4, -0.2) is 24.7 Å². The molecule has 7 heteroatoms. The first-order valence-corrected chi connectivity index (χ1v) is 6.89. The van der Waals surface area contributed by atoms with Gasteiger partial charge in [0.05, 0.1) is 0 Å². The summed E-state index contributed by atoms with van der Waals surface area (Å²) in [5, 5.41) is 9.91. The molecule has 1 aliphatic heterocycles. The highest BCUT2D eigenvalue weighted by Gasteiger charge is 2.14. The van der Waals surface area contributed by atoms with Gasteiger partial charge in [-0.15, -0.1) is 12.4 Å². The number of carbonyl (C=O) groups is 1. The monoisotopic (exact) mass is 323 g/mol. The van der Waals surface area contributed by atoms with Crippen molar-refractivity contribution in [1.29, 1.82) is 0 Å². The molecular formula is C15H18ClN3O3. The van der Waals surface area contributed by atoms with Crippen LogP contribution >= 0.6 is 12.4 Å². The predicted octanol–water partition coefficient (Wildman–Crippen LogP) is 2.85. The molecule has 2 aromatic rings. The molecule has 0 radical (unpaired) electrons. The molecule has 118 valence electrons. The van der Waals surface area contributed by atoms with Crippen molar-refractivity contribution in [3.8, 4) is 0 Å². The van der Waals surface area contributed by atoms with Gasteiger partial charge in [-0.1, -0.05) is 5.16 Å². The van der Waals surface area contributed by atoms with E-state index in [2.05, 4.69) is 15.8 Å². The van der Waals surface area contributed by atoms with E-state index in [-0.39, 0.29) is 24.0 Å². The zero-order valence-corrected chi connectivity index (χ0v) is 13.0. The van der Waals surface area contributed by atoms with Crippen LogP contribution in [0.25, 0.3) is 0 Å². The molecule has 0 fully saturated rings. The Balaban J connectivity index is 0.00000176. The number of aryl methyl sites for hydroxylation is 1. The van der Waals surface area contributed by atoms with Gasteiger partial charge in [0.2, 0.25) is 0 Å². The largest absolute Gasteiger partial charge is 0.385 e. The highest BCUT2D eigenvalue weighted by Crippen LogP contribution is 2.25. The van der Waals surface area contributed by atoms with Gasteiger partial charge in [-0.05, 0) is 36.6 Å². The fraction of sp³-hybridized carbons (Fsp3) is 0.333. The molecule has 6 nitrogen and oxygen atoms in total. The number of nitrogens with zero attached hydrogens (tertiary/aromatic N) is 1. The Hall–Kier alpha value is -2.05. The van der Waals surface area contributed by atoms with Gasteiger partial charge in [-0.25, -0.2) is 0 Å². The highest BCUT2D eigenvalue weighted by atomic mass is 35.5. The number of halogens is 1. The number of benzene rings is 1. The lowest BCUT2D eigenvalue weighted by Crippen LogP contribution is -2.15. The number of methoxy groups -OCH3 is 1. The molecule has 2 N–H and O–H groups in total. The van der Waals surface area contributed by atoms with E-state index in [1.165, 1.54) is 5.56 Å². The van der Waals surface area contributed by atoms with Crippen LogP contribution in [0, 0.1) is 0 Å². The van der Waals surface area contributed by atoms with E-state index in [4.69, 9.17) is 9.26 Å². The van der Waals surface area contributed by atoms with Gasteiger partial charge in [0, 0.05) is 31.1 Å². The van der Waals surface area contributed by atoms with Crippen LogP contribution in [0.1, 0.15) is 28.2 Å². The molecule has 1 amide bonds. The summed E-state index contributed by atoms with van der Waals surface area (Å²) >= 11 is 0. The third kappa shape index (κ3) is 3.58. The zero-order chi connectivity index (χ0) is 14.7. The Morgan fingerprint density at radius 2 is 2.32 bits per heavy atom. The summed E-state index contributed by atoms with van der Waals surface area (Å²) in [4.78, 5) is 12.1. The summed E-state index contributed by atoms with van der Waals surface area (Å²) in [5.74, 6) is 0.238. The van der Waals surface area contributed by atoms with Crippen LogP contribution in [0.2, 0.25) is 0 Å². The maximum Gasteiger partial charge on any atom is 0.277 e. The first-order chi connectivity index (χ1) is 10.3. The third-order valence-electron chi connectivity index (χ3n) is 3.38. The van der Waals surface area contributed by atoms with Crippen molar-refractivity contribution < 1.29 is 14.1 Å². The van der Waals surface area contributed by atoms with E-state index >= 15 is 0 Å². The molecule has 0 aliphatic carbocycles. The zero-order valence-electron chi connectivity index (χ0n) is 12.2. The van der Waals surface area contributed by atoms with Crippen molar-refractivity contribution in [1.82, 2.24) is 5.16 Å². The SMILES string of the molecule is COCc1cc(C(=O)Nc2ccc3c(c2)CCCN3)no1.Cl. The quantitative estimate of drug-likeness (QED) is 0.904. The molecule has 0 spiro atoms. The van der Waals surface area contributed by atoms with Crippen molar-refractivity contribution in [2.24, 2.45) is 0 Å². The van der Waals surface area contributed by atoms with Crippen molar-refractivity contribution in [3.63, 3.8) is 0 Å². The summed E-state index contributed by atoms with van der Waals surface area (Å²) in [7, 11) is 1.56. The van der Waals surface area contributed by atoms with Gasteiger partial charge < -0.3 is 19.9 Å². The molecular weight excluding hydrogens is 306 g/mol. The molecule has 1 aromatic heterocycles. The van der Waals surface area contributed by atoms with E-state index in [0.29, 0.717) is 12.4 Å². The Morgan fingerprint density at radius 1 is 1.45 bits per heavy atom. The summed E-state index contributed by atoms with van der Waals surface area (Å²) in [6, 6.07) is 7.45. The van der Waals surface area contributed by atoms with Gasteiger partial charge in [0.25, 0.3) is 5.91 Å². The van der Waals surface area contributed by atoms with Crippen molar-refractivity contribution in [2.45, 2.75) is 19.4 Å². The van der Waals surface area contributed by atoms with E-state index in [9.17, 15) is 4.79 Å². The molecule has 0 saturated carbocycles. The van der Waals surface area contributed by atoms with Crippen LogP contribution in [0.4, 0.5) is 11.4 Å². The van der Waals surface area contributed by atoms with Crippen molar-refractivity contribution >= 4 is 29.7 Å². The number of ether oxygens (including phenoxy) is 1. The summed E-state index contributed by atoms with van der Waals surface area (Å²) < 4.78 is 9.94. The Kier molecular flexibility index (Phi) is 5.41. The highest BCUT2D eigenvalue weighted by molar-refractivity contribution is 6.03. The fourth-order valence-electron chi connectivity index (χ4n) is 2.38. The smallest absolute Gasteiger partial charge is 0.277 e. The minimum absolute atomic E-state index is 0. The van der Waals surface area contributed by atoms with Crippen LogP contribution in [0.5, 0.6) is 0 Å². The van der Waals surface area contributed by atoms with Gasteiger partial charge >= 0.3 is 0 Å². The molecule has 0 bridgehead atoms. The third-order valence-corrected chi connectivity index (χ3v) is 3.38. The van der Waals surface area contributed by atoms with E-state index in [1.807, 2.05) is 18.2 Å². The second kappa shape index (κ2) is 7.29. The van der Waals surface area contributed by atoms with Crippen LogP contribution in [0.15, 0.2) is 28.8 Å². The minimum atomic E-state index is -0.287. The van der Waals surface area contributed by atoms with Crippen LogP contribution in [0.3, 0.4) is 0 Å². The number of aromatic nitrogens is 1. The maximum atomic E-state index is 12.1. The van der Waals surface area contributed by atoms with Crippen molar-refractivity contribution in [2.75, 3.05) is 24.3 Å². The molecule has 3 rings (SSSR count). The number of rotatable bonds is 4. The number of nitrogens with one attached hydrogen (secondary N) is 2. The molecule has 22 heavy (non-hydrogen) atoms. The van der Waals surface area contributed by atoms with Gasteiger partial charge in [0.15, 0.2) is 11.5 Å². The second-order valence-electron chi connectivity index (χ2n) is 4.97. The van der Waals surface area contributed by atoms with Crippen LogP contribution < -0.4 is 10.6 Å². The Bertz CT molecular complexity index is 657. The Morgan fingerprint density at radius 3 is 3.14 bits per heavy atom. The van der Waals surface area contributed by atoms with Gasteiger partial charge in [-0.2, -0.15) is 0 Å². The summed E-state index contributed by atoms with van der Waals surface area (Å²) in [6.45, 7) is 1.30. The number of carbonyl (C=O) groups excluding carboxylic acids is 1. The average Bonchev–Trinajstić information content (AvgIpc) is 2.96. The fourth-order valence-corrected chi connectivity index (χ4v) is 2.38. The van der Waals surface area contributed by atoms with Crippen molar-refractivity contribution in [3.05, 3.63) is 41.3 Å². The molecule has 1 aromatic carbocycles. The molecule has 1 aliphatic rings. The maximum absolute atomic E-state index is 12.1. The Labute approximate surface area is 134 Å². The average molecular weight is 324 g/mol. The topological polar surface area (TPSA) is 76.4 Å². The van der Waals surface area contributed by atoms with Crippen LogP contribution in [-0.2, 0) is 17.8 Å². The minimum Gasteiger partial charge on any atom is -0.385 e. The number of fused-ring (bicyclic) bond motifs is 1. The molecule has 0 saturated heterocycles. The first-order valence-electron chi connectivity index (χ1n) is 6.89. The molecule has 0 atom stereocenters. The normalized spacial score (nSPS) is 12.8.